The van der Waals surface area contributed by atoms with Gasteiger partial charge in [-0.15, -0.1) is 0 Å². The number of anilines is 1. The van der Waals surface area contributed by atoms with Crippen molar-refractivity contribution in [2.75, 3.05) is 11.9 Å². The molecule has 0 aliphatic heterocycles. The zero-order valence-electron chi connectivity index (χ0n) is 13.9. The summed E-state index contributed by atoms with van der Waals surface area (Å²) >= 11 is 0. The van der Waals surface area contributed by atoms with Crippen molar-refractivity contribution in [1.29, 1.82) is 0 Å². The van der Waals surface area contributed by atoms with E-state index in [1.165, 1.54) is 19.3 Å². The van der Waals surface area contributed by atoms with Crippen LogP contribution in [0.3, 0.4) is 0 Å². The minimum atomic E-state index is -0.279. The summed E-state index contributed by atoms with van der Waals surface area (Å²) < 4.78 is 5.16. The predicted molar refractivity (Wildman–Crippen MR) is 89.1 cm³/mol. The first kappa shape index (κ1) is 16.0. The molecule has 3 rings (SSSR count). The van der Waals surface area contributed by atoms with Crippen molar-refractivity contribution in [3.63, 3.8) is 0 Å². The minimum absolute atomic E-state index is 0.201. The number of nitrogens with one attached hydrogen (secondary N) is 1. The topological polar surface area (TPSA) is 55.4 Å². The molecular formula is C19H25NO3. The Bertz CT molecular complexity index is 611. The maximum atomic E-state index is 11.9. The highest BCUT2D eigenvalue weighted by atomic mass is 16.5. The van der Waals surface area contributed by atoms with Crippen LogP contribution in [0, 0.1) is 31.6 Å². The van der Waals surface area contributed by atoms with E-state index < -0.39 is 0 Å². The van der Waals surface area contributed by atoms with E-state index >= 15 is 0 Å². The molecule has 0 saturated heterocycles. The van der Waals surface area contributed by atoms with E-state index in [4.69, 9.17) is 4.74 Å². The number of rotatable bonds is 5. The average molecular weight is 315 g/mol. The lowest BCUT2D eigenvalue weighted by Crippen LogP contribution is -2.23. The first-order valence-electron chi connectivity index (χ1n) is 8.54. The fourth-order valence-corrected chi connectivity index (χ4v) is 4.19. The Morgan fingerprint density at radius 3 is 2.70 bits per heavy atom. The number of carbonyl (C=O) groups excluding carboxylic acids is 2. The molecule has 1 aromatic rings. The molecule has 0 unspecified atom stereocenters. The van der Waals surface area contributed by atoms with Crippen LogP contribution in [0.5, 0.6) is 0 Å². The van der Waals surface area contributed by atoms with Gasteiger partial charge in [0.15, 0.2) is 6.61 Å². The van der Waals surface area contributed by atoms with Crippen LogP contribution >= 0.6 is 0 Å². The number of amides is 1. The molecule has 2 aliphatic rings. The number of carbonyl (C=O) groups is 2. The molecule has 2 aliphatic carbocycles. The molecule has 3 atom stereocenters. The van der Waals surface area contributed by atoms with E-state index in [1.54, 1.807) is 0 Å². The average Bonchev–Trinajstić information content (AvgIpc) is 3.11. The minimum Gasteiger partial charge on any atom is -0.456 e. The summed E-state index contributed by atoms with van der Waals surface area (Å²) in [4.78, 5) is 23.9. The van der Waals surface area contributed by atoms with Gasteiger partial charge in [-0.1, -0.05) is 24.1 Å². The van der Waals surface area contributed by atoms with Crippen molar-refractivity contribution >= 4 is 17.6 Å². The summed E-state index contributed by atoms with van der Waals surface area (Å²) in [6.45, 7) is 3.76. The zero-order chi connectivity index (χ0) is 16.4. The monoisotopic (exact) mass is 315 g/mol. The summed E-state index contributed by atoms with van der Waals surface area (Å²) in [5, 5.41) is 2.80. The molecule has 4 heteroatoms. The fourth-order valence-electron chi connectivity index (χ4n) is 4.19. The van der Waals surface area contributed by atoms with E-state index in [0.717, 1.165) is 29.2 Å². The normalized spacial score (nSPS) is 25.4. The van der Waals surface area contributed by atoms with Crippen LogP contribution in [0.2, 0.25) is 0 Å². The Hall–Kier alpha value is -1.84. The predicted octanol–water partition coefficient (Wildman–Crippen LogP) is 3.61. The number of ether oxygens (including phenoxy) is 1. The van der Waals surface area contributed by atoms with Gasteiger partial charge in [0, 0.05) is 12.1 Å². The zero-order valence-corrected chi connectivity index (χ0v) is 13.9. The second-order valence-corrected chi connectivity index (χ2v) is 7.17. The summed E-state index contributed by atoms with van der Waals surface area (Å²) in [6, 6.07) is 5.83. The van der Waals surface area contributed by atoms with Crippen molar-refractivity contribution in [2.45, 2.75) is 46.0 Å². The smallest absolute Gasteiger partial charge is 0.306 e. The van der Waals surface area contributed by atoms with Crippen LogP contribution in [0.1, 0.15) is 43.2 Å². The number of aryl methyl sites for hydroxylation is 2. The van der Waals surface area contributed by atoms with Crippen LogP contribution < -0.4 is 5.32 Å². The van der Waals surface area contributed by atoms with Gasteiger partial charge in [0.2, 0.25) is 0 Å². The van der Waals surface area contributed by atoms with E-state index in [-0.39, 0.29) is 18.5 Å². The standard InChI is InChI=1S/C19H25NO3/c1-12-3-6-17(13(2)7-12)20-18(21)11-23-19(22)10-16-9-14-4-5-15(16)8-14/h3,6-7,14-16H,4-5,8-11H2,1-2H3,(H,20,21)/t14-,15+,16-/m0/s1. The van der Waals surface area contributed by atoms with Crippen LogP contribution in [-0.4, -0.2) is 18.5 Å². The number of benzene rings is 1. The molecule has 1 aromatic carbocycles. The molecule has 2 bridgehead atoms. The second-order valence-electron chi connectivity index (χ2n) is 7.17. The Morgan fingerprint density at radius 2 is 2.04 bits per heavy atom. The summed E-state index contributed by atoms with van der Waals surface area (Å²) in [5.74, 6) is 1.49. The maximum Gasteiger partial charge on any atom is 0.306 e. The quantitative estimate of drug-likeness (QED) is 0.845. The molecule has 0 aromatic heterocycles. The van der Waals surface area contributed by atoms with Gasteiger partial charge in [-0.3, -0.25) is 9.59 Å². The Kier molecular flexibility index (Phi) is 4.69. The second kappa shape index (κ2) is 6.73. The number of fused-ring (bicyclic) bond motifs is 2. The van der Waals surface area contributed by atoms with E-state index in [9.17, 15) is 9.59 Å². The molecule has 1 N–H and O–H groups in total. The Morgan fingerprint density at radius 1 is 1.22 bits per heavy atom. The van der Waals surface area contributed by atoms with Gasteiger partial charge in [-0.25, -0.2) is 0 Å². The van der Waals surface area contributed by atoms with E-state index in [2.05, 4.69) is 5.32 Å². The number of hydrogen-bond donors (Lipinski definition) is 1. The highest BCUT2D eigenvalue weighted by molar-refractivity contribution is 5.93. The van der Waals surface area contributed by atoms with Gasteiger partial charge < -0.3 is 10.1 Å². The summed E-state index contributed by atoms with van der Waals surface area (Å²) in [5.41, 5.74) is 2.93. The van der Waals surface area contributed by atoms with Crippen molar-refractivity contribution in [3.05, 3.63) is 29.3 Å². The number of hydrogen-bond acceptors (Lipinski definition) is 3. The van der Waals surface area contributed by atoms with Gasteiger partial charge in [-0.2, -0.15) is 0 Å². The highest BCUT2D eigenvalue weighted by Gasteiger charge is 2.40. The third-order valence-corrected chi connectivity index (χ3v) is 5.33. The van der Waals surface area contributed by atoms with Crippen LogP contribution in [-0.2, 0) is 14.3 Å². The molecule has 0 spiro atoms. The molecule has 2 fully saturated rings. The van der Waals surface area contributed by atoms with Gasteiger partial charge in [0.1, 0.15) is 0 Å². The lowest BCUT2D eigenvalue weighted by atomic mass is 9.86. The molecule has 23 heavy (non-hydrogen) atoms. The Labute approximate surface area is 137 Å². The van der Waals surface area contributed by atoms with Crippen molar-refractivity contribution in [1.82, 2.24) is 0 Å². The first-order valence-corrected chi connectivity index (χ1v) is 8.54. The van der Waals surface area contributed by atoms with Gasteiger partial charge >= 0.3 is 5.97 Å². The van der Waals surface area contributed by atoms with Gasteiger partial charge in [-0.05, 0) is 62.5 Å². The third-order valence-electron chi connectivity index (χ3n) is 5.33. The maximum absolute atomic E-state index is 11.9. The molecule has 124 valence electrons. The highest BCUT2D eigenvalue weighted by Crippen LogP contribution is 2.49. The lowest BCUT2D eigenvalue weighted by molar-refractivity contribution is -0.148. The van der Waals surface area contributed by atoms with Crippen molar-refractivity contribution in [2.24, 2.45) is 17.8 Å². The molecule has 4 nitrogen and oxygen atoms in total. The summed E-state index contributed by atoms with van der Waals surface area (Å²) in [7, 11) is 0. The molecular weight excluding hydrogens is 290 g/mol. The summed E-state index contributed by atoms with van der Waals surface area (Å²) in [6.07, 6.45) is 5.50. The van der Waals surface area contributed by atoms with Crippen molar-refractivity contribution in [3.8, 4) is 0 Å². The first-order chi connectivity index (χ1) is 11.0. The van der Waals surface area contributed by atoms with Crippen LogP contribution in [0.25, 0.3) is 0 Å². The fraction of sp³-hybridized carbons (Fsp3) is 0.579. The van der Waals surface area contributed by atoms with Gasteiger partial charge in [0.05, 0.1) is 0 Å². The lowest BCUT2D eigenvalue weighted by Gasteiger charge is -2.20. The molecule has 0 radical (unpaired) electrons. The van der Waals surface area contributed by atoms with Gasteiger partial charge in [0.25, 0.3) is 5.91 Å². The van der Waals surface area contributed by atoms with Crippen molar-refractivity contribution < 1.29 is 14.3 Å². The molecule has 2 saturated carbocycles. The van der Waals surface area contributed by atoms with E-state index in [0.29, 0.717) is 18.3 Å². The SMILES string of the molecule is Cc1ccc(NC(=O)COC(=O)C[C@@H]2C[C@H]3CC[C@@H]2C3)c(C)c1. The number of esters is 1. The Balaban J connectivity index is 1.42. The van der Waals surface area contributed by atoms with Crippen LogP contribution in [0.15, 0.2) is 18.2 Å². The van der Waals surface area contributed by atoms with E-state index in [1.807, 2.05) is 32.0 Å². The third kappa shape index (κ3) is 3.92. The molecule has 0 heterocycles. The largest absolute Gasteiger partial charge is 0.456 e. The van der Waals surface area contributed by atoms with Crippen LogP contribution in [0.4, 0.5) is 5.69 Å². The molecule has 1 amide bonds.